The molecule has 3 N–H and O–H groups in total. The van der Waals surface area contributed by atoms with E-state index in [2.05, 4.69) is 76.2 Å². The molecule has 0 amide bonds. The van der Waals surface area contributed by atoms with Crippen molar-refractivity contribution in [3.63, 3.8) is 0 Å². The molecule has 1 fully saturated rings. The standard InChI is InChI=1S/C26H34N4O2.HI/c1-19-6-7-24-22(17-29-25(24)14-19)8-11-28-26(27-2)30-16-20-4-3-5-21(15-20)18-32-23-9-12-31-13-10-23;/h3-7,14-15,17,23,29H,8-13,16,18H2,1-2H3,(H2,27,28,30);1H. The number of nitrogens with one attached hydrogen (secondary N) is 3. The highest BCUT2D eigenvalue weighted by atomic mass is 127. The molecule has 1 aromatic heterocycles. The van der Waals surface area contributed by atoms with Crippen molar-refractivity contribution in [2.75, 3.05) is 26.8 Å². The maximum Gasteiger partial charge on any atom is 0.191 e. The van der Waals surface area contributed by atoms with Gasteiger partial charge in [0.05, 0.1) is 12.7 Å². The number of aliphatic imine (C=N–C) groups is 1. The van der Waals surface area contributed by atoms with Crippen LogP contribution in [-0.2, 0) is 29.0 Å². The van der Waals surface area contributed by atoms with Gasteiger partial charge < -0.3 is 25.1 Å². The smallest absolute Gasteiger partial charge is 0.191 e. The molecule has 0 saturated carbocycles. The lowest BCUT2D eigenvalue weighted by atomic mass is 10.1. The number of fused-ring (bicyclic) bond motifs is 1. The average molecular weight is 562 g/mol. The maximum absolute atomic E-state index is 6.06. The van der Waals surface area contributed by atoms with E-state index in [9.17, 15) is 0 Å². The van der Waals surface area contributed by atoms with Gasteiger partial charge in [0.25, 0.3) is 0 Å². The van der Waals surface area contributed by atoms with Crippen molar-refractivity contribution >= 4 is 40.8 Å². The number of rotatable bonds is 8. The fourth-order valence-electron chi connectivity index (χ4n) is 4.12. The molecule has 3 aromatic rings. The number of ether oxygens (including phenoxy) is 2. The second kappa shape index (κ2) is 13.0. The van der Waals surface area contributed by atoms with Gasteiger partial charge in [0.2, 0.25) is 0 Å². The molecule has 178 valence electrons. The quantitative estimate of drug-likeness (QED) is 0.212. The number of hydrogen-bond donors (Lipinski definition) is 3. The summed E-state index contributed by atoms with van der Waals surface area (Å²) in [6.45, 7) is 5.92. The average Bonchev–Trinajstić information content (AvgIpc) is 3.22. The molecule has 0 unspecified atom stereocenters. The van der Waals surface area contributed by atoms with Crippen molar-refractivity contribution in [2.45, 2.75) is 45.4 Å². The van der Waals surface area contributed by atoms with Crippen LogP contribution in [0.2, 0.25) is 0 Å². The van der Waals surface area contributed by atoms with Crippen LogP contribution in [0.1, 0.15) is 35.1 Å². The van der Waals surface area contributed by atoms with Gasteiger partial charge in [-0.1, -0.05) is 36.4 Å². The summed E-state index contributed by atoms with van der Waals surface area (Å²) >= 11 is 0. The summed E-state index contributed by atoms with van der Waals surface area (Å²) in [7, 11) is 1.81. The van der Waals surface area contributed by atoms with E-state index in [4.69, 9.17) is 9.47 Å². The number of aromatic nitrogens is 1. The third-order valence-corrected chi connectivity index (χ3v) is 5.94. The Labute approximate surface area is 213 Å². The van der Waals surface area contributed by atoms with Crippen LogP contribution in [0.25, 0.3) is 10.9 Å². The highest BCUT2D eigenvalue weighted by molar-refractivity contribution is 14.0. The zero-order valence-corrected chi connectivity index (χ0v) is 21.9. The largest absolute Gasteiger partial charge is 0.381 e. The van der Waals surface area contributed by atoms with E-state index in [1.54, 1.807) is 0 Å². The van der Waals surface area contributed by atoms with E-state index in [0.29, 0.717) is 12.7 Å². The summed E-state index contributed by atoms with van der Waals surface area (Å²) in [6, 6.07) is 15.1. The molecule has 0 bridgehead atoms. The zero-order valence-electron chi connectivity index (χ0n) is 19.5. The van der Waals surface area contributed by atoms with Gasteiger partial charge in [0.15, 0.2) is 5.96 Å². The van der Waals surface area contributed by atoms with Crippen LogP contribution >= 0.6 is 24.0 Å². The van der Waals surface area contributed by atoms with E-state index in [-0.39, 0.29) is 24.0 Å². The number of aromatic amines is 1. The number of aryl methyl sites for hydroxylation is 1. The Bertz CT molecular complexity index is 1040. The normalized spacial score (nSPS) is 14.8. The maximum atomic E-state index is 6.06. The summed E-state index contributed by atoms with van der Waals surface area (Å²) in [5, 5.41) is 8.13. The Balaban J connectivity index is 0.00000306. The number of benzene rings is 2. The molecule has 0 spiro atoms. The summed E-state index contributed by atoms with van der Waals surface area (Å²) in [6.07, 6.45) is 5.33. The first-order chi connectivity index (χ1) is 15.7. The minimum Gasteiger partial charge on any atom is -0.381 e. The van der Waals surface area contributed by atoms with Crippen molar-refractivity contribution in [3.05, 3.63) is 70.9 Å². The predicted octanol–water partition coefficient (Wildman–Crippen LogP) is 4.70. The Kier molecular flexibility index (Phi) is 10.0. The van der Waals surface area contributed by atoms with Crippen molar-refractivity contribution in [1.82, 2.24) is 15.6 Å². The molecule has 2 aromatic carbocycles. The lowest BCUT2D eigenvalue weighted by Crippen LogP contribution is -2.37. The topological polar surface area (TPSA) is 70.7 Å². The molecular formula is C26H35IN4O2. The van der Waals surface area contributed by atoms with Gasteiger partial charge in [-0.25, -0.2) is 0 Å². The molecule has 4 rings (SSSR count). The third-order valence-electron chi connectivity index (χ3n) is 5.94. The van der Waals surface area contributed by atoms with Crippen molar-refractivity contribution < 1.29 is 9.47 Å². The minimum atomic E-state index is 0. The molecule has 0 atom stereocenters. The molecule has 0 aliphatic carbocycles. The first-order valence-corrected chi connectivity index (χ1v) is 11.5. The minimum absolute atomic E-state index is 0. The van der Waals surface area contributed by atoms with E-state index in [1.165, 1.54) is 33.2 Å². The summed E-state index contributed by atoms with van der Waals surface area (Å²) in [4.78, 5) is 7.74. The Morgan fingerprint density at radius 2 is 1.94 bits per heavy atom. The molecule has 1 aliphatic rings. The second-order valence-electron chi connectivity index (χ2n) is 8.41. The fourth-order valence-corrected chi connectivity index (χ4v) is 4.12. The van der Waals surface area contributed by atoms with Crippen LogP contribution in [0.5, 0.6) is 0 Å². The highest BCUT2D eigenvalue weighted by Gasteiger charge is 2.14. The lowest BCUT2D eigenvalue weighted by molar-refractivity contribution is -0.0390. The van der Waals surface area contributed by atoms with E-state index < -0.39 is 0 Å². The van der Waals surface area contributed by atoms with Crippen LogP contribution in [0.3, 0.4) is 0 Å². The molecule has 0 radical (unpaired) electrons. The molecule has 1 saturated heterocycles. The molecule has 1 aliphatic heterocycles. The fraction of sp³-hybridized carbons (Fsp3) is 0.423. The van der Waals surface area contributed by atoms with Gasteiger partial charge >= 0.3 is 0 Å². The molecule has 2 heterocycles. The van der Waals surface area contributed by atoms with Crippen molar-refractivity contribution in [3.8, 4) is 0 Å². The molecular weight excluding hydrogens is 527 g/mol. The summed E-state index contributed by atoms with van der Waals surface area (Å²) < 4.78 is 11.5. The van der Waals surface area contributed by atoms with Crippen LogP contribution in [0, 0.1) is 6.92 Å². The number of nitrogens with zero attached hydrogens (tertiary/aromatic N) is 1. The first kappa shape index (κ1) is 25.5. The molecule has 7 heteroatoms. The van der Waals surface area contributed by atoms with E-state index >= 15 is 0 Å². The predicted molar refractivity (Wildman–Crippen MR) is 145 cm³/mol. The zero-order chi connectivity index (χ0) is 22.2. The van der Waals surface area contributed by atoms with Gasteiger partial charge in [0, 0.05) is 50.5 Å². The van der Waals surface area contributed by atoms with Crippen LogP contribution < -0.4 is 10.6 Å². The summed E-state index contributed by atoms with van der Waals surface area (Å²) in [5.41, 5.74) is 6.21. The Hall–Kier alpha value is -2.10. The number of guanidine groups is 1. The number of hydrogen-bond acceptors (Lipinski definition) is 3. The third kappa shape index (κ3) is 7.45. The number of H-pyrrole nitrogens is 1. The van der Waals surface area contributed by atoms with Crippen LogP contribution in [0.15, 0.2) is 53.7 Å². The monoisotopic (exact) mass is 562 g/mol. The van der Waals surface area contributed by atoms with Gasteiger partial charge in [-0.2, -0.15) is 0 Å². The molecule has 6 nitrogen and oxygen atoms in total. The van der Waals surface area contributed by atoms with Crippen LogP contribution in [-0.4, -0.2) is 43.9 Å². The summed E-state index contributed by atoms with van der Waals surface area (Å²) in [5.74, 6) is 0.810. The van der Waals surface area contributed by atoms with E-state index in [1.807, 2.05) is 7.05 Å². The Morgan fingerprint density at radius 1 is 1.12 bits per heavy atom. The SMILES string of the molecule is CN=C(NCCc1c[nH]c2cc(C)ccc12)NCc1cccc(COC2CCOCC2)c1.I. The number of halogens is 1. The lowest BCUT2D eigenvalue weighted by Gasteiger charge is -2.22. The van der Waals surface area contributed by atoms with Gasteiger partial charge in [0.1, 0.15) is 0 Å². The van der Waals surface area contributed by atoms with Crippen molar-refractivity contribution in [1.29, 1.82) is 0 Å². The van der Waals surface area contributed by atoms with Gasteiger partial charge in [-0.3, -0.25) is 4.99 Å². The van der Waals surface area contributed by atoms with Gasteiger partial charge in [-0.05, 0) is 54.5 Å². The van der Waals surface area contributed by atoms with Crippen molar-refractivity contribution in [2.24, 2.45) is 4.99 Å². The van der Waals surface area contributed by atoms with Gasteiger partial charge in [-0.15, -0.1) is 24.0 Å². The second-order valence-corrected chi connectivity index (χ2v) is 8.41. The first-order valence-electron chi connectivity index (χ1n) is 11.5. The Morgan fingerprint density at radius 3 is 2.76 bits per heavy atom. The van der Waals surface area contributed by atoms with E-state index in [0.717, 1.165) is 51.5 Å². The highest BCUT2D eigenvalue weighted by Crippen LogP contribution is 2.19. The van der Waals surface area contributed by atoms with Crippen LogP contribution in [0.4, 0.5) is 0 Å². The molecule has 33 heavy (non-hydrogen) atoms.